The van der Waals surface area contributed by atoms with Crippen molar-refractivity contribution in [3.05, 3.63) is 147 Å². The molecule has 0 saturated heterocycles. The summed E-state index contributed by atoms with van der Waals surface area (Å²) in [6.07, 6.45) is 22.0. The van der Waals surface area contributed by atoms with Crippen molar-refractivity contribution < 1.29 is 19.1 Å². The average molecular weight is 796 g/mol. The Balaban J connectivity index is 0.000000447. The van der Waals surface area contributed by atoms with E-state index in [2.05, 4.69) is 126 Å². The number of allylic oxidation sites excluding steroid dienone is 2. The van der Waals surface area contributed by atoms with E-state index in [-0.39, 0.29) is 0 Å². The monoisotopic (exact) mass is 795 g/mol. The zero-order valence-electron chi connectivity index (χ0n) is 35.9. The number of rotatable bonds is 23. The summed E-state index contributed by atoms with van der Waals surface area (Å²) in [5, 5.41) is 0. The first kappa shape index (κ1) is 45.2. The van der Waals surface area contributed by atoms with Gasteiger partial charge in [0.1, 0.15) is 0 Å². The van der Waals surface area contributed by atoms with Gasteiger partial charge in [-0.15, -0.1) is 0 Å². The second-order valence-corrected chi connectivity index (χ2v) is 17.0. The van der Waals surface area contributed by atoms with Crippen LogP contribution in [0.15, 0.2) is 108 Å². The van der Waals surface area contributed by atoms with Gasteiger partial charge >= 0.3 is 84.2 Å². The van der Waals surface area contributed by atoms with Gasteiger partial charge in [-0.05, 0) is 124 Å². The Labute approximate surface area is 348 Å². The summed E-state index contributed by atoms with van der Waals surface area (Å²) in [4.78, 5) is 0. The summed E-state index contributed by atoms with van der Waals surface area (Å²) in [6, 6.07) is 35.3. The van der Waals surface area contributed by atoms with E-state index in [1.54, 1.807) is 19.1 Å². The predicted molar refractivity (Wildman–Crippen MR) is 241 cm³/mol. The summed E-state index contributed by atoms with van der Waals surface area (Å²) in [5.74, 6) is 0. The second kappa shape index (κ2) is 25.7. The van der Waals surface area contributed by atoms with Crippen LogP contribution in [0.25, 0.3) is 16.9 Å². The second-order valence-electron chi connectivity index (χ2n) is 15.6. The van der Waals surface area contributed by atoms with Gasteiger partial charge < -0.3 is 5.53 Å². The summed E-state index contributed by atoms with van der Waals surface area (Å²) >= 11 is 1.60. The van der Waals surface area contributed by atoms with Gasteiger partial charge in [0, 0.05) is 22.3 Å². The first-order valence-corrected chi connectivity index (χ1v) is 23.4. The minimum absolute atomic E-state index is 1.02. The van der Waals surface area contributed by atoms with Crippen LogP contribution in [0, 0.1) is 0 Å². The summed E-state index contributed by atoms with van der Waals surface area (Å²) < 4.78 is 4.25. The number of hydrogen-bond donors (Lipinski definition) is 0. The summed E-state index contributed by atoms with van der Waals surface area (Å²) in [7, 11) is 0. The molecule has 0 bridgehead atoms. The Hall–Kier alpha value is -3.55. The fourth-order valence-corrected chi connectivity index (χ4v) is 8.64. The van der Waals surface area contributed by atoms with Crippen molar-refractivity contribution in [2.45, 2.75) is 164 Å². The average Bonchev–Trinajstić information content (AvgIpc) is 3.50. The molecule has 0 unspecified atom stereocenters. The zero-order chi connectivity index (χ0) is 40.0. The van der Waals surface area contributed by atoms with E-state index < -0.39 is 0 Å². The van der Waals surface area contributed by atoms with Crippen LogP contribution in [0.5, 0.6) is 0 Å². The molecular weight excluding hydrogens is 723 g/mol. The molecular formula is C53H72N2Ni. The number of nitrogens with zero attached hydrogens (tertiary/aromatic N) is 2. The molecule has 0 aliphatic carbocycles. The maximum absolute atomic E-state index is 12.3. The van der Waals surface area contributed by atoms with Crippen LogP contribution in [0.3, 0.4) is 0 Å². The van der Waals surface area contributed by atoms with Crippen LogP contribution in [-0.4, -0.2) is 4.70 Å². The molecule has 1 aliphatic heterocycles. The molecule has 304 valence electrons. The fourth-order valence-electron chi connectivity index (χ4n) is 7.61. The molecule has 0 N–H and O–H groups in total. The molecule has 56 heavy (non-hydrogen) atoms. The third kappa shape index (κ3) is 14.1. The van der Waals surface area contributed by atoms with Gasteiger partial charge in [0.2, 0.25) is 11.4 Å². The van der Waals surface area contributed by atoms with E-state index in [1.165, 1.54) is 124 Å². The Kier molecular flexibility index (Phi) is 20.7. The fraction of sp³-hybridized carbons (Fsp3) is 0.472. The van der Waals surface area contributed by atoms with Gasteiger partial charge in [-0.2, -0.15) is 0 Å². The van der Waals surface area contributed by atoms with Gasteiger partial charge in [-0.1, -0.05) is 98.6 Å². The Morgan fingerprint density at radius 1 is 0.393 bits per heavy atom. The van der Waals surface area contributed by atoms with Crippen LogP contribution < -0.4 is 9.07 Å². The van der Waals surface area contributed by atoms with E-state index in [0.717, 1.165) is 62.8 Å². The van der Waals surface area contributed by atoms with Gasteiger partial charge in [0.15, 0.2) is 0 Å². The molecule has 0 radical (unpaired) electrons. The molecule has 0 aromatic heterocycles. The molecule has 0 atom stereocenters. The summed E-state index contributed by atoms with van der Waals surface area (Å²) in [6.45, 7) is 13.7. The number of unbranched alkanes of at least 4 members (excludes halogenated alkanes) is 7. The minimum atomic E-state index is 1.02. The Morgan fingerprint density at radius 2 is 0.714 bits per heavy atom. The van der Waals surface area contributed by atoms with Crippen LogP contribution in [0.4, 0.5) is 0 Å². The van der Waals surface area contributed by atoms with E-state index in [0.29, 0.717) is 0 Å². The van der Waals surface area contributed by atoms with E-state index in [4.69, 9.17) is 0 Å². The van der Waals surface area contributed by atoms with Crippen LogP contribution in [0.1, 0.15) is 171 Å². The van der Waals surface area contributed by atoms with Crippen LogP contribution in [0.2, 0.25) is 0 Å². The molecule has 0 saturated carbocycles. The van der Waals surface area contributed by atoms with Crippen molar-refractivity contribution in [2.75, 3.05) is 0 Å². The quantitative estimate of drug-likeness (QED) is 0.0406. The predicted octanol–water partition coefficient (Wildman–Crippen LogP) is 14.7. The third-order valence-corrected chi connectivity index (χ3v) is 11.9. The topological polar surface area (TPSA) is 25.3 Å². The summed E-state index contributed by atoms with van der Waals surface area (Å²) in [5.41, 5.74) is 25.3. The van der Waals surface area contributed by atoms with Gasteiger partial charge in [-0.25, -0.2) is 4.70 Å². The Morgan fingerprint density at radius 3 is 1.05 bits per heavy atom. The molecule has 0 spiro atoms. The normalized spacial score (nSPS) is 12.8. The van der Waals surface area contributed by atoms with Crippen molar-refractivity contribution >= 4 is 20.5 Å². The Bertz CT molecular complexity index is 1730. The molecule has 0 amide bonds. The first-order valence-electron chi connectivity index (χ1n) is 22.4. The zero-order valence-corrected chi connectivity index (χ0v) is 36.9. The van der Waals surface area contributed by atoms with E-state index >= 15 is 0 Å². The van der Waals surface area contributed by atoms with Crippen molar-refractivity contribution in [1.82, 2.24) is 0 Å². The standard InChI is InChI=1S/C41H62N2.2C6H5.Ni/c1-7-13-19-25-39-38(24-18-12-6)40(36-28-32(20-14-8-2)26-33(29-36)21-15-9-3)43(42)41(39)37-30-34(22-16-10-4)27-35(31-37)23-17-11-5;2*1-2-4-6-5-3-1;/h26-31H,7-25H2,1-6H3;2*1-5H;. The van der Waals surface area contributed by atoms with Crippen molar-refractivity contribution in [2.24, 2.45) is 0 Å². The number of hydrogen-bond acceptors (Lipinski definition) is 0. The van der Waals surface area contributed by atoms with Gasteiger partial charge in [0.05, 0.1) is 0 Å². The molecule has 0 fully saturated rings. The van der Waals surface area contributed by atoms with E-state index in [9.17, 15) is 5.53 Å². The first-order chi connectivity index (χ1) is 27.5. The maximum atomic E-state index is 12.3. The third-order valence-electron chi connectivity index (χ3n) is 10.7. The van der Waals surface area contributed by atoms with Crippen LogP contribution >= 0.6 is 0 Å². The van der Waals surface area contributed by atoms with Gasteiger partial charge in [-0.3, -0.25) is 0 Å². The molecule has 5 rings (SSSR count). The molecule has 1 heterocycles. The van der Waals surface area contributed by atoms with Crippen molar-refractivity contribution in [3.8, 4) is 0 Å². The molecule has 4 aromatic carbocycles. The molecule has 4 aromatic rings. The van der Waals surface area contributed by atoms with Crippen molar-refractivity contribution in [3.63, 3.8) is 0 Å². The molecule has 1 aliphatic rings. The molecule has 3 heteroatoms. The van der Waals surface area contributed by atoms with Crippen molar-refractivity contribution in [1.29, 1.82) is 0 Å². The van der Waals surface area contributed by atoms with E-state index in [1.807, 2.05) is 12.1 Å². The van der Waals surface area contributed by atoms with Gasteiger partial charge in [0.25, 0.3) is 0 Å². The molecule has 2 nitrogen and oxygen atoms in total. The number of aryl methyl sites for hydroxylation is 4. The SMILES string of the molecule is CCCCCC1=C(c2cc(CCCC)cc(CCCC)c2)[N+](=[N-])C(c2cc(CCCC)cc(CCCC)c2)=C1CCCC.c1cc[c]([Ni][c]2ccccc2)cc1. The number of benzene rings is 4. The van der Waals surface area contributed by atoms with Crippen LogP contribution in [-0.2, 0) is 40.1 Å².